The van der Waals surface area contributed by atoms with Gasteiger partial charge in [0.15, 0.2) is 28.7 Å². The van der Waals surface area contributed by atoms with E-state index in [1.165, 1.54) is 23.3 Å². The first-order valence-electron chi connectivity index (χ1n) is 10.5. The molecule has 0 bridgehead atoms. The number of ether oxygens (including phenoxy) is 2. The number of hydrogen-bond acceptors (Lipinski definition) is 12. The molecule has 1 aromatic carbocycles. The fourth-order valence-corrected chi connectivity index (χ4v) is 6.10. The van der Waals surface area contributed by atoms with Crippen molar-refractivity contribution >= 4 is 61.8 Å². The number of aromatic amines is 1. The van der Waals surface area contributed by atoms with Crippen molar-refractivity contribution in [3.05, 3.63) is 39.6 Å². The molecule has 0 spiro atoms. The number of esters is 1. The van der Waals surface area contributed by atoms with Crippen LogP contribution in [0.15, 0.2) is 39.1 Å². The van der Waals surface area contributed by atoms with Crippen LogP contribution < -0.4 is 11.3 Å². The summed E-state index contributed by atoms with van der Waals surface area (Å²) >= 11 is 7.20. The van der Waals surface area contributed by atoms with E-state index in [0.717, 1.165) is 4.90 Å². The number of nitrogens with one attached hydrogen (secondary N) is 1. The van der Waals surface area contributed by atoms with Crippen LogP contribution in [0.4, 0.5) is 5.95 Å². The van der Waals surface area contributed by atoms with Crippen molar-refractivity contribution in [2.45, 2.75) is 41.5 Å². The Morgan fingerprint density at radius 1 is 1.42 bits per heavy atom. The number of benzene rings is 1. The Bertz CT molecular complexity index is 1360. The van der Waals surface area contributed by atoms with Crippen molar-refractivity contribution in [1.29, 1.82) is 0 Å². The zero-order chi connectivity index (χ0) is 25.6. The van der Waals surface area contributed by atoms with Gasteiger partial charge in [-0.3, -0.25) is 19.1 Å². The Balaban J connectivity index is 1.48. The number of halogens is 1. The summed E-state index contributed by atoms with van der Waals surface area (Å²) in [6.07, 6.45) is -4.06. The number of imidazole rings is 1. The number of aliphatic hydroxyl groups excluding tert-OH is 1. The minimum Gasteiger partial charge on any atom is -0.434 e. The molecule has 36 heavy (non-hydrogen) atoms. The highest BCUT2D eigenvalue weighted by Crippen LogP contribution is 2.63. The molecular formula is C19H19BClN5O8PS+. The summed E-state index contributed by atoms with van der Waals surface area (Å²) in [7, 11) is 2.66. The highest BCUT2D eigenvalue weighted by molar-refractivity contribution is 7.99. The quantitative estimate of drug-likeness (QED) is 0.174. The number of hydrogen-bond donors (Lipinski definition) is 3. The lowest BCUT2D eigenvalue weighted by Crippen LogP contribution is -2.41. The van der Waals surface area contributed by atoms with Crippen molar-refractivity contribution in [2.75, 3.05) is 19.1 Å². The van der Waals surface area contributed by atoms with E-state index in [0.29, 0.717) is 10.2 Å². The van der Waals surface area contributed by atoms with E-state index in [9.17, 15) is 14.7 Å². The molecule has 2 aromatic heterocycles. The molecule has 2 unspecified atom stereocenters. The van der Waals surface area contributed by atoms with Gasteiger partial charge < -0.3 is 20.3 Å². The summed E-state index contributed by atoms with van der Waals surface area (Å²) < 4.78 is 28.9. The molecule has 4 heterocycles. The Labute approximate surface area is 214 Å². The molecule has 17 heteroatoms. The van der Waals surface area contributed by atoms with Gasteiger partial charge in [0, 0.05) is 16.8 Å². The van der Waals surface area contributed by atoms with Crippen LogP contribution in [0, 0.1) is 0 Å². The molecule has 5 rings (SSSR count). The van der Waals surface area contributed by atoms with E-state index in [1.807, 2.05) is 0 Å². The SMILES string of the molecule is [B][P+]1(OCOC(C)=O)OC[C@H]2O[C@@H](n3c(Sc4ccc(Cl)cc4)nc4c(=O)[nH]c(N)nc43)C(O)[C@H]2O1. The number of carbonyl (C=O) groups is 1. The van der Waals surface area contributed by atoms with Crippen LogP contribution in [-0.4, -0.2) is 69.9 Å². The minimum atomic E-state index is -3.42. The fraction of sp³-hybridized carbons (Fsp3) is 0.368. The second kappa shape index (κ2) is 9.91. The predicted octanol–water partition coefficient (Wildman–Crippen LogP) is 1.56. The summed E-state index contributed by atoms with van der Waals surface area (Å²) in [5.74, 6) is -0.702. The van der Waals surface area contributed by atoms with Gasteiger partial charge in [-0.2, -0.15) is 18.6 Å². The third-order valence-electron chi connectivity index (χ3n) is 5.31. The smallest absolute Gasteiger partial charge is 0.434 e. The van der Waals surface area contributed by atoms with E-state index in [2.05, 4.69) is 15.0 Å². The number of nitrogens with zero attached hydrogens (tertiary/aromatic N) is 3. The molecule has 13 nitrogen and oxygen atoms in total. The molecule has 2 fully saturated rings. The van der Waals surface area contributed by atoms with E-state index >= 15 is 0 Å². The van der Waals surface area contributed by atoms with Crippen molar-refractivity contribution < 1.29 is 32.9 Å². The molecule has 4 N–H and O–H groups in total. The van der Waals surface area contributed by atoms with Crippen molar-refractivity contribution in [2.24, 2.45) is 0 Å². The zero-order valence-corrected chi connectivity index (χ0v) is 21.0. The summed E-state index contributed by atoms with van der Waals surface area (Å²) in [6, 6.07) is 6.97. The molecule has 0 aliphatic carbocycles. The number of nitrogens with two attached hydrogens (primary N) is 1. The van der Waals surface area contributed by atoms with Gasteiger partial charge in [-0.05, 0) is 24.3 Å². The molecule has 188 valence electrons. The van der Waals surface area contributed by atoms with Gasteiger partial charge in [0.1, 0.15) is 18.8 Å². The molecule has 2 saturated heterocycles. The molecule has 2 aliphatic heterocycles. The number of H-pyrrole nitrogens is 1. The van der Waals surface area contributed by atoms with Crippen LogP contribution in [0.1, 0.15) is 13.2 Å². The number of anilines is 1. The van der Waals surface area contributed by atoms with E-state index in [1.54, 1.807) is 24.3 Å². The maximum Gasteiger partial charge on any atom is 0.488 e. The Morgan fingerprint density at radius 3 is 2.89 bits per heavy atom. The summed E-state index contributed by atoms with van der Waals surface area (Å²) in [4.78, 5) is 35.4. The topological polar surface area (TPSA) is 173 Å². The Hall–Kier alpha value is -2.23. The van der Waals surface area contributed by atoms with Crippen LogP contribution in [0.3, 0.4) is 0 Å². The third-order valence-corrected chi connectivity index (χ3v) is 8.05. The maximum atomic E-state index is 12.6. The van der Waals surface area contributed by atoms with Gasteiger partial charge in [-0.1, -0.05) is 23.4 Å². The van der Waals surface area contributed by atoms with E-state index in [4.69, 9.17) is 47.9 Å². The lowest BCUT2D eigenvalue weighted by Gasteiger charge is -2.30. The number of aromatic nitrogens is 4. The third kappa shape index (κ3) is 4.98. The normalized spacial score (nSPS) is 27.8. The van der Waals surface area contributed by atoms with Gasteiger partial charge in [-0.25, -0.2) is 4.98 Å². The molecule has 3 aromatic rings. The average Bonchev–Trinajstić information content (AvgIpc) is 3.32. The van der Waals surface area contributed by atoms with Gasteiger partial charge in [0.05, 0.1) is 0 Å². The monoisotopic (exact) mass is 554 g/mol. The van der Waals surface area contributed by atoms with Gasteiger partial charge in [-0.15, -0.1) is 0 Å². The summed E-state index contributed by atoms with van der Waals surface area (Å²) in [5.41, 5.74) is 5.35. The average molecular weight is 555 g/mol. The van der Waals surface area contributed by atoms with Crippen molar-refractivity contribution in [3.63, 3.8) is 0 Å². The first-order valence-corrected chi connectivity index (χ1v) is 13.3. The van der Waals surface area contributed by atoms with Crippen LogP contribution in [0.25, 0.3) is 11.2 Å². The Kier molecular flexibility index (Phi) is 7.00. The lowest BCUT2D eigenvalue weighted by atomic mass is 10.1. The van der Waals surface area contributed by atoms with Gasteiger partial charge >= 0.3 is 21.4 Å². The van der Waals surface area contributed by atoms with Gasteiger partial charge in [0.2, 0.25) is 12.7 Å². The van der Waals surface area contributed by atoms with Crippen LogP contribution in [-0.2, 0) is 27.8 Å². The molecule has 0 amide bonds. The molecule has 2 radical (unpaired) electrons. The van der Waals surface area contributed by atoms with Crippen molar-refractivity contribution in [1.82, 2.24) is 19.5 Å². The second-order valence-electron chi connectivity index (χ2n) is 7.79. The highest BCUT2D eigenvalue weighted by atomic mass is 35.5. The number of rotatable bonds is 6. The molecule has 5 atom stereocenters. The largest absolute Gasteiger partial charge is 0.488 e. The second-order valence-corrected chi connectivity index (χ2v) is 11.1. The number of nitrogen functional groups attached to an aromatic ring is 1. The summed E-state index contributed by atoms with van der Waals surface area (Å²) in [6.45, 7) is 0.673. The summed E-state index contributed by atoms with van der Waals surface area (Å²) in [5, 5.41) is 12.1. The van der Waals surface area contributed by atoms with E-state index < -0.39 is 50.7 Å². The maximum absolute atomic E-state index is 12.6. The van der Waals surface area contributed by atoms with E-state index in [-0.39, 0.29) is 23.7 Å². The highest BCUT2D eigenvalue weighted by Gasteiger charge is 2.59. The lowest BCUT2D eigenvalue weighted by molar-refractivity contribution is -0.149. The zero-order valence-electron chi connectivity index (χ0n) is 18.6. The Morgan fingerprint density at radius 2 is 2.17 bits per heavy atom. The minimum absolute atomic E-state index is 0.00823. The van der Waals surface area contributed by atoms with Crippen molar-refractivity contribution in [3.8, 4) is 0 Å². The molecule has 2 aliphatic rings. The number of carbonyl (C=O) groups excluding carboxylic acids is 1. The standard InChI is InChI=1S/C19H19BClN5O8PS/c1-8(27)30-7-32-35(20)31-6-11-14(34-35)13(28)17(33-11)26-15-12(16(29)25-18(22)24-15)23-19(26)36-10-4-2-9(21)3-5-10/h2-5,11,13-14,17,28H,6-7H2,1H3,(H3,22,24,25,29)/q+1/t11-,13?,14+,17-,35?/m1/s1. The molecular weight excluding hydrogens is 536 g/mol. The predicted molar refractivity (Wildman–Crippen MR) is 129 cm³/mol. The fourth-order valence-electron chi connectivity index (χ4n) is 3.72. The number of fused-ring (bicyclic) bond motifs is 2. The first-order chi connectivity index (χ1) is 17.1. The van der Waals surface area contributed by atoms with Crippen LogP contribution in [0.2, 0.25) is 5.02 Å². The van der Waals surface area contributed by atoms with Crippen LogP contribution >= 0.6 is 31.2 Å². The molecule has 0 saturated carbocycles. The van der Waals surface area contributed by atoms with Crippen LogP contribution in [0.5, 0.6) is 0 Å². The number of aliphatic hydroxyl groups is 1. The first kappa shape index (κ1) is 25.4. The van der Waals surface area contributed by atoms with Gasteiger partial charge in [0.25, 0.3) is 5.56 Å².